The summed E-state index contributed by atoms with van der Waals surface area (Å²) in [5.41, 5.74) is 1.85. The molecule has 5 aliphatic rings. The van der Waals surface area contributed by atoms with Gasteiger partial charge in [-0.15, -0.1) is 0 Å². The van der Waals surface area contributed by atoms with Crippen molar-refractivity contribution in [1.82, 2.24) is 4.98 Å². The number of aromatic nitrogens is 1. The number of ether oxygens (including phenoxy) is 2. The maximum Gasteiger partial charge on any atom is 0.312 e. The summed E-state index contributed by atoms with van der Waals surface area (Å²) in [5, 5.41) is 0. The van der Waals surface area contributed by atoms with Crippen molar-refractivity contribution in [2.45, 2.75) is 119 Å². The molecular weight excluding hydrogens is 634 g/mol. The van der Waals surface area contributed by atoms with Crippen LogP contribution in [0.5, 0.6) is 0 Å². The third kappa shape index (κ3) is 5.73. The zero-order valence-electron chi connectivity index (χ0n) is 32.1. The van der Waals surface area contributed by atoms with Gasteiger partial charge in [0.1, 0.15) is 6.61 Å². The van der Waals surface area contributed by atoms with E-state index in [-0.39, 0.29) is 75.1 Å². The van der Waals surface area contributed by atoms with Gasteiger partial charge in [0.2, 0.25) is 0 Å². The maximum absolute atomic E-state index is 14.9. The van der Waals surface area contributed by atoms with Crippen LogP contribution in [0.4, 0.5) is 0 Å². The normalized spacial score (nSPS) is 39.7. The van der Waals surface area contributed by atoms with Crippen LogP contribution >= 0.6 is 0 Å². The molecule has 7 rings (SSSR count). The average Bonchev–Trinajstić information content (AvgIpc) is 3.09. The van der Waals surface area contributed by atoms with Crippen LogP contribution in [0.1, 0.15) is 118 Å². The lowest BCUT2D eigenvalue weighted by molar-refractivity contribution is -0.199. The minimum absolute atomic E-state index is 0.0616. The molecule has 2 aromatic rings. The highest BCUT2D eigenvalue weighted by atomic mass is 16.5. The summed E-state index contributed by atoms with van der Waals surface area (Å²) in [4.78, 5) is 46.7. The highest BCUT2D eigenvalue weighted by Crippen LogP contribution is 2.75. The van der Waals surface area contributed by atoms with Crippen molar-refractivity contribution in [2.24, 2.45) is 56.2 Å². The molecule has 0 unspecified atom stereocenters. The number of allylic oxidation sites excluding steroid dienone is 2. The van der Waals surface area contributed by atoms with Gasteiger partial charge in [-0.25, -0.2) is 0 Å². The molecule has 0 N–H and O–H groups in total. The molecule has 51 heavy (non-hydrogen) atoms. The SMILES string of the molecule is CC1(C)[C@@H](C(=O)OCCc2ccccn2)CC[C@]2(C)[C@H]3C(=O)C=C4[C@@H]5C[C@@](C)(C(=O)OCc6ccccc6)CC[C@]5(C)CC[C@@]4(C)[C@]3(C)CC[C@@H]12. The van der Waals surface area contributed by atoms with Gasteiger partial charge in [0.05, 0.1) is 17.9 Å². The van der Waals surface area contributed by atoms with Gasteiger partial charge >= 0.3 is 11.9 Å². The molecular formula is C45H59NO5. The third-order valence-corrected chi connectivity index (χ3v) is 15.9. The number of hydrogen-bond donors (Lipinski definition) is 0. The molecule has 0 aliphatic heterocycles. The summed E-state index contributed by atoms with van der Waals surface area (Å²) >= 11 is 0. The molecule has 0 amide bonds. The number of pyridine rings is 1. The Morgan fingerprint density at radius 2 is 1.55 bits per heavy atom. The molecule has 0 saturated heterocycles. The van der Waals surface area contributed by atoms with Gasteiger partial charge < -0.3 is 9.47 Å². The van der Waals surface area contributed by atoms with E-state index in [4.69, 9.17) is 9.47 Å². The minimum Gasteiger partial charge on any atom is -0.465 e. The van der Waals surface area contributed by atoms with Crippen molar-refractivity contribution in [2.75, 3.05) is 6.61 Å². The van der Waals surface area contributed by atoms with Crippen molar-refractivity contribution in [3.63, 3.8) is 0 Å². The van der Waals surface area contributed by atoms with Crippen LogP contribution in [0.15, 0.2) is 66.4 Å². The van der Waals surface area contributed by atoms with Crippen LogP contribution in [0, 0.1) is 56.2 Å². The van der Waals surface area contributed by atoms with Crippen LogP contribution in [-0.2, 0) is 36.9 Å². The smallest absolute Gasteiger partial charge is 0.312 e. The Hall–Kier alpha value is -3.28. The first-order valence-corrected chi connectivity index (χ1v) is 19.6. The van der Waals surface area contributed by atoms with E-state index in [2.05, 4.69) is 59.5 Å². The Kier molecular flexibility index (Phi) is 8.98. The number of nitrogens with zero attached hydrogens (tertiary/aromatic N) is 1. The van der Waals surface area contributed by atoms with Gasteiger partial charge in [0, 0.05) is 24.2 Å². The number of carbonyl (C=O) groups is 3. The lowest BCUT2D eigenvalue weighted by Crippen LogP contribution is -2.66. The molecule has 0 bridgehead atoms. The molecule has 274 valence electrons. The predicted molar refractivity (Wildman–Crippen MR) is 198 cm³/mol. The lowest BCUT2D eigenvalue weighted by Gasteiger charge is -2.70. The molecule has 1 heterocycles. The predicted octanol–water partition coefficient (Wildman–Crippen LogP) is 9.51. The van der Waals surface area contributed by atoms with Crippen LogP contribution < -0.4 is 0 Å². The minimum atomic E-state index is -0.586. The van der Waals surface area contributed by atoms with E-state index in [1.807, 2.05) is 48.5 Å². The van der Waals surface area contributed by atoms with E-state index >= 15 is 0 Å². The number of rotatable bonds is 7. The summed E-state index contributed by atoms with van der Waals surface area (Å²) in [6, 6.07) is 15.7. The average molecular weight is 694 g/mol. The van der Waals surface area contributed by atoms with E-state index in [1.54, 1.807) is 6.20 Å². The number of carbonyl (C=O) groups excluding carboxylic acids is 3. The standard InChI is InChI=1S/C45H59NO5/c1-40(2)32(38(48)50-26-18-31-15-11-12-25-46-31)16-19-43(5)36(40)17-20-45(7)37(43)35(47)27-33-34-28-42(4,22-21-41(34,3)23-24-44(33,45)6)39(49)51-29-30-13-9-8-10-14-30/h8-15,25,27,32,34,36-37H,16-24,26,28-29H2,1-7H3/t32-,34+,36+,37-,41-,42+,43+,44-,45-/m1/s1. The van der Waals surface area contributed by atoms with Crippen molar-refractivity contribution >= 4 is 17.7 Å². The molecule has 5 aliphatic carbocycles. The third-order valence-electron chi connectivity index (χ3n) is 15.9. The van der Waals surface area contributed by atoms with Gasteiger partial charge in [0.25, 0.3) is 0 Å². The fourth-order valence-electron chi connectivity index (χ4n) is 12.6. The van der Waals surface area contributed by atoms with Crippen LogP contribution in [0.2, 0.25) is 0 Å². The van der Waals surface area contributed by atoms with Crippen molar-refractivity contribution in [3.8, 4) is 0 Å². The topological polar surface area (TPSA) is 82.6 Å². The fourth-order valence-corrected chi connectivity index (χ4v) is 12.6. The molecule has 6 nitrogen and oxygen atoms in total. The van der Waals surface area contributed by atoms with Crippen LogP contribution in [0.3, 0.4) is 0 Å². The monoisotopic (exact) mass is 693 g/mol. The Morgan fingerprint density at radius 1 is 0.824 bits per heavy atom. The lowest BCUT2D eigenvalue weighted by atomic mass is 9.33. The van der Waals surface area contributed by atoms with Crippen molar-refractivity contribution in [1.29, 1.82) is 0 Å². The zero-order chi connectivity index (χ0) is 36.5. The number of ketones is 1. The Morgan fingerprint density at radius 3 is 2.27 bits per heavy atom. The van der Waals surface area contributed by atoms with E-state index < -0.39 is 5.41 Å². The van der Waals surface area contributed by atoms with E-state index in [0.29, 0.717) is 13.0 Å². The molecule has 6 heteroatoms. The summed E-state index contributed by atoms with van der Waals surface area (Å²) in [6.07, 6.45) is 12.7. The summed E-state index contributed by atoms with van der Waals surface area (Å²) < 4.78 is 11.9. The summed E-state index contributed by atoms with van der Waals surface area (Å²) in [5.74, 6) is 0.152. The summed E-state index contributed by atoms with van der Waals surface area (Å²) in [6.45, 7) is 16.9. The highest BCUT2D eigenvalue weighted by molar-refractivity contribution is 5.96. The first kappa shape index (κ1) is 36.1. The number of hydrogen-bond acceptors (Lipinski definition) is 6. The Bertz CT molecular complexity index is 1700. The highest BCUT2D eigenvalue weighted by Gasteiger charge is 2.70. The number of esters is 2. The Balaban J connectivity index is 1.13. The molecule has 4 saturated carbocycles. The van der Waals surface area contributed by atoms with E-state index in [9.17, 15) is 14.4 Å². The second-order valence-electron chi connectivity index (χ2n) is 19.0. The van der Waals surface area contributed by atoms with Gasteiger partial charge in [-0.1, -0.05) is 83.5 Å². The van der Waals surface area contributed by atoms with Crippen molar-refractivity contribution < 1.29 is 23.9 Å². The van der Waals surface area contributed by atoms with Gasteiger partial charge in [-0.2, -0.15) is 0 Å². The van der Waals surface area contributed by atoms with E-state index in [1.165, 1.54) is 5.57 Å². The Labute approximate surface area is 305 Å². The van der Waals surface area contributed by atoms with Crippen molar-refractivity contribution in [3.05, 3.63) is 77.6 Å². The zero-order valence-corrected chi connectivity index (χ0v) is 32.1. The maximum atomic E-state index is 14.9. The second kappa shape index (κ2) is 12.7. The quantitative estimate of drug-likeness (QED) is 0.269. The molecule has 4 fully saturated rings. The first-order chi connectivity index (χ1) is 24.1. The van der Waals surface area contributed by atoms with Gasteiger partial charge in [-0.3, -0.25) is 19.4 Å². The molecule has 9 atom stereocenters. The van der Waals surface area contributed by atoms with Gasteiger partial charge in [-0.05, 0) is 127 Å². The fraction of sp³-hybridized carbons (Fsp3) is 0.644. The summed E-state index contributed by atoms with van der Waals surface area (Å²) in [7, 11) is 0. The van der Waals surface area contributed by atoms with Gasteiger partial charge in [0.15, 0.2) is 5.78 Å². The molecule has 0 radical (unpaired) electrons. The van der Waals surface area contributed by atoms with Crippen LogP contribution in [0.25, 0.3) is 0 Å². The van der Waals surface area contributed by atoms with E-state index in [0.717, 1.165) is 69.0 Å². The first-order valence-electron chi connectivity index (χ1n) is 19.6. The molecule has 1 aromatic carbocycles. The molecule has 0 spiro atoms. The van der Waals surface area contributed by atoms with Crippen LogP contribution in [-0.4, -0.2) is 29.3 Å². The number of fused-ring (bicyclic) bond motifs is 7. The largest absolute Gasteiger partial charge is 0.465 e. The number of benzene rings is 1. The molecule has 1 aromatic heterocycles. The second-order valence-corrected chi connectivity index (χ2v) is 19.0.